The first-order valence-electron chi connectivity index (χ1n) is 10.1. The second-order valence-electron chi connectivity index (χ2n) is 7.25. The fraction of sp³-hybridized carbons (Fsp3) is 0.524. The topological polar surface area (TPSA) is 90.3 Å². The van der Waals surface area contributed by atoms with Crippen LogP contribution < -0.4 is 25.0 Å². The van der Waals surface area contributed by atoms with Gasteiger partial charge in [0, 0.05) is 0 Å². The van der Waals surface area contributed by atoms with Gasteiger partial charge in [-0.3, -0.25) is 0 Å². The van der Waals surface area contributed by atoms with Crippen LogP contribution in [0.3, 0.4) is 0 Å². The SMILES string of the molecule is CCOC(=O)C1=C(C[NH+]2CCCCC2)NC(=O)N[C@@H]1c1ccc(OC)c(OC)c1. The average molecular weight is 404 g/mol. The standard InChI is InChI=1S/C21H29N3O5/c1-4-29-20(25)18-15(13-24-10-6-5-7-11-24)22-21(26)23-19(18)14-8-9-16(27-2)17(12-14)28-3/h8-9,12,19H,4-7,10-11,13H2,1-3H3,(H2,22,23,26)/p+1/t19-/m1/s1. The summed E-state index contributed by atoms with van der Waals surface area (Å²) >= 11 is 0. The van der Waals surface area contributed by atoms with Gasteiger partial charge in [-0.1, -0.05) is 6.07 Å². The van der Waals surface area contributed by atoms with Crippen LogP contribution in [0.4, 0.5) is 4.79 Å². The summed E-state index contributed by atoms with van der Waals surface area (Å²) in [6.45, 7) is 4.69. The van der Waals surface area contributed by atoms with Crippen molar-refractivity contribution < 1.29 is 28.7 Å². The van der Waals surface area contributed by atoms with Crippen molar-refractivity contribution in [3.63, 3.8) is 0 Å². The molecule has 0 radical (unpaired) electrons. The molecule has 0 aromatic heterocycles. The molecule has 0 unspecified atom stereocenters. The van der Waals surface area contributed by atoms with Crippen molar-refractivity contribution in [2.24, 2.45) is 0 Å². The number of benzene rings is 1. The fourth-order valence-electron chi connectivity index (χ4n) is 3.97. The maximum Gasteiger partial charge on any atom is 0.338 e. The maximum atomic E-state index is 12.9. The number of ether oxygens (including phenoxy) is 3. The van der Waals surface area contributed by atoms with Gasteiger partial charge in [-0.25, -0.2) is 9.59 Å². The third kappa shape index (κ3) is 4.82. The third-order valence-electron chi connectivity index (χ3n) is 5.38. The molecule has 2 amide bonds. The average Bonchev–Trinajstić information content (AvgIpc) is 2.73. The van der Waals surface area contributed by atoms with Crippen LogP contribution in [-0.4, -0.2) is 52.5 Å². The number of carbonyl (C=O) groups is 2. The molecule has 2 heterocycles. The highest BCUT2D eigenvalue weighted by molar-refractivity contribution is 5.95. The van der Waals surface area contributed by atoms with Gasteiger partial charge in [-0.15, -0.1) is 0 Å². The number of nitrogens with one attached hydrogen (secondary N) is 3. The van der Waals surface area contributed by atoms with Crippen molar-refractivity contribution in [2.45, 2.75) is 32.2 Å². The Morgan fingerprint density at radius 1 is 1.14 bits per heavy atom. The van der Waals surface area contributed by atoms with E-state index in [1.807, 2.05) is 6.07 Å². The third-order valence-corrected chi connectivity index (χ3v) is 5.38. The Hall–Kier alpha value is -2.74. The molecule has 1 fully saturated rings. The monoisotopic (exact) mass is 404 g/mol. The van der Waals surface area contributed by atoms with E-state index in [-0.39, 0.29) is 12.6 Å². The van der Waals surface area contributed by atoms with Crippen molar-refractivity contribution in [1.29, 1.82) is 0 Å². The summed E-state index contributed by atoms with van der Waals surface area (Å²) in [7, 11) is 3.11. The van der Waals surface area contributed by atoms with Gasteiger partial charge in [0.15, 0.2) is 11.5 Å². The van der Waals surface area contributed by atoms with Gasteiger partial charge >= 0.3 is 12.0 Å². The molecular formula is C21H30N3O5+. The van der Waals surface area contributed by atoms with E-state index >= 15 is 0 Å². The smallest absolute Gasteiger partial charge is 0.338 e. The van der Waals surface area contributed by atoms with E-state index in [0.29, 0.717) is 29.3 Å². The molecule has 3 rings (SSSR count). The maximum absolute atomic E-state index is 12.9. The van der Waals surface area contributed by atoms with Crippen LogP contribution in [0.2, 0.25) is 0 Å². The van der Waals surface area contributed by atoms with Crippen molar-refractivity contribution in [3.8, 4) is 11.5 Å². The number of piperidine rings is 1. The van der Waals surface area contributed by atoms with Crippen LogP contribution in [0.25, 0.3) is 0 Å². The molecule has 1 aromatic carbocycles. The van der Waals surface area contributed by atoms with Gasteiger partial charge in [0.05, 0.1) is 51.2 Å². The number of quaternary nitrogens is 1. The van der Waals surface area contributed by atoms with Crippen molar-refractivity contribution >= 4 is 12.0 Å². The van der Waals surface area contributed by atoms with E-state index in [4.69, 9.17) is 14.2 Å². The van der Waals surface area contributed by atoms with Gasteiger partial charge in [-0.05, 0) is 43.9 Å². The van der Waals surface area contributed by atoms with Gasteiger partial charge in [0.25, 0.3) is 0 Å². The van der Waals surface area contributed by atoms with Crippen LogP contribution >= 0.6 is 0 Å². The van der Waals surface area contributed by atoms with E-state index in [0.717, 1.165) is 31.5 Å². The molecule has 29 heavy (non-hydrogen) atoms. The van der Waals surface area contributed by atoms with Crippen molar-refractivity contribution in [2.75, 3.05) is 40.5 Å². The lowest BCUT2D eigenvalue weighted by Crippen LogP contribution is -3.13. The largest absolute Gasteiger partial charge is 0.493 e. The molecule has 8 heteroatoms. The van der Waals surface area contributed by atoms with Crippen LogP contribution in [0.15, 0.2) is 29.5 Å². The Labute approximate surface area is 171 Å². The van der Waals surface area contributed by atoms with Crippen LogP contribution in [0, 0.1) is 0 Å². The van der Waals surface area contributed by atoms with E-state index in [2.05, 4.69) is 10.6 Å². The fourth-order valence-corrected chi connectivity index (χ4v) is 3.97. The van der Waals surface area contributed by atoms with E-state index < -0.39 is 12.0 Å². The highest BCUT2D eigenvalue weighted by atomic mass is 16.5. The number of likely N-dealkylation sites (tertiary alicyclic amines) is 1. The highest BCUT2D eigenvalue weighted by Gasteiger charge is 2.35. The summed E-state index contributed by atoms with van der Waals surface area (Å²) < 4.78 is 16.0. The zero-order valence-corrected chi connectivity index (χ0v) is 17.3. The lowest BCUT2D eigenvalue weighted by atomic mass is 9.94. The number of rotatable bonds is 7. The number of esters is 1. The first kappa shape index (κ1) is 21.0. The van der Waals surface area contributed by atoms with Crippen LogP contribution in [0.5, 0.6) is 11.5 Å². The summed E-state index contributed by atoms with van der Waals surface area (Å²) in [4.78, 5) is 26.7. The number of urea groups is 1. The summed E-state index contributed by atoms with van der Waals surface area (Å²) in [5, 5.41) is 5.72. The Morgan fingerprint density at radius 3 is 2.52 bits per heavy atom. The molecule has 0 bridgehead atoms. The molecule has 1 aromatic rings. The minimum Gasteiger partial charge on any atom is -0.493 e. The van der Waals surface area contributed by atoms with Crippen molar-refractivity contribution in [1.82, 2.24) is 10.6 Å². The van der Waals surface area contributed by atoms with Crippen LogP contribution in [-0.2, 0) is 9.53 Å². The molecule has 0 saturated carbocycles. The summed E-state index contributed by atoms with van der Waals surface area (Å²) in [6.07, 6.45) is 3.54. The van der Waals surface area contributed by atoms with E-state index in [9.17, 15) is 9.59 Å². The Kier molecular flexibility index (Phi) is 6.98. The second kappa shape index (κ2) is 9.65. The molecule has 3 N–H and O–H groups in total. The lowest BCUT2D eigenvalue weighted by molar-refractivity contribution is -0.900. The summed E-state index contributed by atoms with van der Waals surface area (Å²) in [5.74, 6) is 0.687. The molecule has 1 atom stereocenters. The highest BCUT2D eigenvalue weighted by Crippen LogP contribution is 2.34. The zero-order chi connectivity index (χ0) is 20.8. The Bertz CT molecular complexity index is 787. The number of hydrogen-bond acceptors (Lipinski definition) is 5. The molecular weight excluding hydrogens is 374 g/mol. The van der Waals surface area contributed by atoms with Crippen molar-refractivity contribution in [3.05, 3.63) is 35.0 Å². The Morgan fingerprint density at radius 2 is 1.86 bits per heavy atom. The quantitative estimate of drug-likeness (QED) is 0.589. The van der Waals surface area contributed by atoms with Gasteiger partial charge < -0.3 is 29.7 Å². The molecule has 2 aliphatic heterocycles. The first-order chi connectivity index (χ1) is 14.1. The van der Waals surface area contributed by atoms with Gasteiger partial charge in [-0.2, -0.15) is 0 Å². The Balaban J connectivity index is 2.01. The van der Waals surface area contributed by atoms with E-state index in [1.54, 1.807) is 33.3 Å². The number of carbonyl (C=O) groups excluding carboxylic acids is 2. The molecule has 0 spiro atoms. The molecule has 158 valence electrons. The summed E-state index contributed by atoms with van der Waals surface area (Å²) in [6, 6.07) is 4.41. The number of methoxy groups -OCH3 is 2. The zero-order valence-electron chi connectivity index (χ0n) is 17.3. The minimum atomic E-state index is -0.623. The lowest BCUT2D eigenvalue weighted by Gasteiger charge is -2.32. The molecule has 8 nitrogen and oxygen atoms in total. The molecule has 1 saturated heterocycles. The molecule has 2 aliphatic rings. The predicted octanol–water partition coefficient (Wildman–Crippen LogP) is 0.944. The normalized spacial score (nSPS) is 20.0. The van der Waals surface area contributed by atoms with Crippen LogP contribution in [0.1, 0.15) is 37.8 Å². The molecule has 0 aliphatic carbocycles. The summed E-state index contributed by atoms with van der Waals surface area (Å²) in [5.41, 5.74) is 1.80. The van der Waals surface area contributed by atoms with Gasteiger partial charge in [0.1, 0.15) is 6.54 Å². The minimum absolute atomic E-state index is 0.263. The second-order valence-corrected chi connectivity index (χ2v) is 7.25. The van der Waals surface area contributed by atoms with Gasteiger partial charge in [0.2, 0.25) is 0 Å². The number of hydrogen-bond donors (Lipinski definition) is 3. The predicted molar refractivity (Wildman–Crippen MR) is 107 cm³/mol. The first-order valence-corrected chi connectivity index (χ1v) is 10.1. The number of amides is 2. The van der Waals surface area contributed by atoms with E-state index in [1.165, 1.54) is 11.3 Å².